The molecule has 0 radical (unpaired) electrons. The molecule has 0 aliphatic carbocycles. The normalized spacial score (nSPS) is 15.0. The second-order valence-electron chi connectivity index (χ2n) is 3.70. The number of hydrogen-bond acceptors (Lipinski definition) is 3. The van der Waals surface area contributed by atoms with E-state index in [4.69, 9.17) is 16.2 Å². The first kappa shape index (κ1) is 10.9. The molecule has 1 unspecified atom stereocenters. The van der Waals surface area contributed by atoms with Gasteiger partial charge < -0.3 is 16.2 Å². The van der Waals surface area contributed by atoms with Crippen molar-refractivity contribution in [2.24, 2.45) is 11.5 Å². The van der Waals surface area contributed by atoms with Gasteiger partial charge in [-0.05, 0) is 40.2 Å². The summed E-state index contributed by atoms with van der Waals surface area (Å²) in [6, 6.07) is 0. The first-order chi connectivity index (χ1) is 4.95. The third-order valence-electron chi connectivity index (χ3n) is 1.20. The third kappa shape index (κ3) is 7.78. The van der Waals surface area contributed by atoms with Crippen molar-refractivity contribution in [3.63, 3.8) is 0 Å². The van der Waals surface area contributed by atoms with Crippen LogP contribution in [0.15, 0.2) is 0 Å². The summed E-state index contributed by atoms with van der Waals surface area (Å²) in [5.41, 5.74) is 10.9. The lowest BCUT2D eigenvalue weighted by Crippen LogP contribution is -2.33. The van der Waals surface area contributed by atoms with Crippen molar-refractivity contribution in [1.29, 1.82) is 0 Å². The molecular formula is C8H20N2O. The van der Waals surface area contributed by atoms with Gasteiger partial charge in [0.1, 0.15) is 6.23 Å². The predicted molar refractivity (Wildman–Crippen MR) is 47.1 cm³/mol. The van der Waals surface area contributed by atoms with Crippen LogP contribution in [-0.4, -0.2) is 18.4 Å². The van der Waals surface area contributed by atoms with Crippen LogP contribution in [0.1, 0.15) is 33.6 Å². The average molecular weight is 160 g/mol. The Kier molecular flexibility index (Phi) is 4.65. The van der Waals surface area contributed by atoms with Crippen LogP contribution >= 0.6 is 0 Å². The van der Waals surface area contributed by atoms with E-state index in [0.717, 1.165) is 12.8 Å². The van der Waals surface area contributed by atoms with Gasteiger partial charge in [-0.1, -0.05) is 0 Å². The Hall–Kier alpha value is -0.120. The first-order valence-corrected chi connectivity index (χ1v) is 4.09. The van der Waals surface area contributed by atoms with E-state index in [-0.39, 0.29) is 11.8 Å². The molecule has 0 aromatic rings. The maximum absolute atomic E-state index is 5.67. The molecule has 1 atom stereocenters. The van der Waals surface area contributed by atoms with Crippen molar-refractivity contribution >= 4 is 0 Å². The molecule has 0 saturated heterocycles. The van der Waals surface area contributed by atoms with Crippen LogP contribution in [0.2, 0.25) is 0 Å². The van der Waals surface area contributed by atoms with E-state index in [9.17, 15) is 0 Å². The minimum Gasteiger partial charge on any atom is -0.358 e. The van der Waals surface area contributed by atoms with Gasteiger partial charge in [0.25, 0.3) is 0 Å². The minimum absolute atomic E-state index is 0.145. The highest BCUT2D eigenvalue weighted by atomic mass is 16.5. The predicted octanol–water partition coefficient (Wildman–Crippen LogP) is 0.825. The second-order valence-corrected chi connectivity index (χ2v) is 3.70. The van der Waals surface area contributed by atoms with Crippen LogP contribution in [0, 0.1) is 0 Å². The van der Waals surface area contributed by atoms with Gasteiger partial charge in [-0.2, -0.15) is 0 Å². The summed E-state index contributed by atoms with van der Waals surface area (Å²) in [6.07, 6.45) is 1.60. The monoisotopic (exact) mass is 160 g/mol. The van der Waals surface area contributed by atoms with Crippen molar-refractivity contribution in [3.8, 4) is 0 Å². The lowest BCUT2D eigenvalue weighted by atomic mass is 10.2. The Morgan fingerprint density at radius 1 is 1.36 bits per heavy atom. The molecule has 0 heterocycles. The summed E-state index contributed by atoms with van der Waals surface area (Å²) in [7, 11) is 0. The van der Waals surface area contributed by atoms with Crippen LogP contribution in [0.5, 0.6) is 0 Å². The molecule has 0 aliphatic rings. The maximum Gasteiger partial charge on any atom is 0.106 e. The van der Waals surface area contributed by atoms with E-state index in [1.165, 1.54) is 0 Å². The number of ether oxygens (including phenoxy) is 1. The average Bonchev–Trinajstić information content (AvgIpc) is 1.79. The SMILES string of the molecule is CC(C)(C)OC(N)CCCN. The smallest absolute Gasteiger partial charge is 0.106 e. The van der Waals surface area contributed by atoms with Gasteiger partial charge in [0.05, 0.1) is 5.60 Å². The van der Waals surface area contributed by atoms with Gasteiger partial charge in [-0.15, -0.1) is 0 Å². The summed E-state index contributed by atoms with van der Waals surface area (Å²) < 4.78 is 5.46. The summed E-state index contributed by atoms with van der Waals surface area (Å²) in [5, 5.41) is 0. The molecule has 0 aromatic carbocycles. The van der Waals surface area contributed by atoms with Crippen LogP contribution in [0.3, 0.4) is 0 Å². The zero-order chi connectivity index (χ0) is 8.91. The molecule has 3 heteroatoms. The Bertz CT molecular complexity index is 98.8. The summed E-state index contributed by atoms with van der Waals surface area (Å²) in [5.74, 6) is 0. The van der Waals surface area contributed by atoms with Crippen molar-refractivity contribution in [1.82, 2.24) is 0 Å². The Labute approximate surface area is 69.1 Å². The van der Waals surface area contributed by atoms with Gasteiger partial charge >= 0.3 is 0 Å². The maximum atomic E-state index is 5.67. The van der Waals surface area contributed by atoms with Gasteiger partial charge in [0, 0.05) is 0 Å². The van der Waals surface area contributed by atoms with E-state index < -0.39 is 0 Å². The van der Waals surface area contributed by atoms with Crippen LogP contribution in [-0.2, 0) is 4.74 Å². The molecule has 0 amide bonds. The Morgan fingerprint density at radius 3 is 2.27 bits per heavy atom. The van der Waals surface area contributed by atoms with Crippen LogP contribution < -0.4 is 11.5 Å². The van der Waals surface area contributed by atoms with Gasteiger partial charge in [0.2, 0.25) is 0 Å². The highest BCUT2D eigenvalue weighted by molar-refractivity contribution is 4.62. The fraction of sp³-hybridized carbons (Fsp3) is 1.00. The lowest BCUT2D eigenvalue weighted by Gasteiger charge is -2.24. The van der Waals surface area contributed by atoms with Gasteiger partial charge in [-0.25, -0.2) is 0 Å². The molecule has 0 saturated carbocycles. The topological polar surface area (TPSA) is 61.3 Å². The van der Waals surface area contributed by atoms with Crippen LogP contribution in [0.4, 0.5) is 0 Å². The zero-order valence-electron chi connectivity index (χ0n) is 7.76. The Morgan fingerprint density at radius 2 is 1.91 bits per heavy atom. The van der Waals surface area contributed by atoms with Gasteiger partial charge in [0.15, 0.2) is 0 Å². The molecule has 4 N–H and O–H groups in total. The zero-order valence-corrected chi connectivity index (χ0v) is 7.76. The van der Waals surface area contributed by atoms with Crippen molar-refractivity contribution in [2.75, 3.05) is 6.54 Å². The standard InChI is InChI=1S/C8H20N2O/c1-8(2,3)11-7(10)5-4-6-9/h7H,4-6,9-10H2,1-3H3. The molecule has 0 fully saturated rings. The summed E-state index contributed by atoms with van der Waals surface area (Å²) >= 11 is 0. The highest BCUT2D eigenvalue weighted by Crippen LogP contribution is 2.10. The number of hydrogen-bond donors (Lipinski definition) is 2. The van der Waals surface area contributed by atoms with Crippen molar-refractivity contribution in [2.45, 2.75) is 45.4 Å². The fourth-order valence-corrected chi connectivity index (χ4v) is 0.832. The molecule has 68 valence electrons. The summed E-state index contributed by atoms with van der Waals surface area (Å²) in [4.78, 5) is 0. The lowest BCUT2D eigenvalue weighted by molar-refractivity contribution is -0.0602. The summed E-state index contributed by atoms with van der Waals surface area (Å²) in [6.45, 7) is 6.67. The van der Waals surface area contributed by atoms with E-state index in [1.807, 2.05) is 20.8 Å². The number of rotatable bonds is 4. The van der Waals surface area contributed by atoms with E-state index in [1.54, 1.807) is 0 Å². The van der Waals surface area contributed by atoms with E-state index in [0.29, 0.717) is 6.54 Å². The largest absolute Gasteiger partial charge is 0.358 e. The van der Waals surface area contributed by atoms with Crippen LogP contribution in [0.25, 0.3) is 0 Å². The van der Waals surface area contributed by atoms with Crippen molar-refractivity contribution in [3.05, 3.63) is 0 Å². The third-order valence-corrected chi connectivity index (χ3v) is 1.20. The fourth-order valence-electron chi connectivity index (χ4n) is 0.832. The number of nitrogens with two attached hydrogens (primary N) is 2. The van der Waals surface area contributed by atoms with E-state index >= 15 is 0 Å². The molecule has 3 nitrogen and oxygen atoms in total. The molecule has 0 rings (SSSR count). The molecule has 0 aliphatic heterocycles. The quantitative estimate of drug-likeness (QED) is 0.599. The molecule has 0 bridgehead atoms. The molecule has 0 spiro atoms. The Balaban J connectivity index is 3.44. The van der Waals surface area contributed by atoms with Gasteiger partial charge in [-0.3, -0.25) is 0 Å². The second kappa shape index (κ2) is 4.70. The van der Waals surface area contributed by atoms with Crippen molar-refractivity contribution < 1.29 is 4.74 Å². The molecule has 0 aromatic heterocycles. The molecular weight excluding hydrogens is 140 g/mol. The first-order valence-electron chi connectivity index (χ1n) is 4.09. The minimum atomic E-state index is -0.168. The van der Waals surface area contributed by atoms with E-state index in [2.05, 4.69) is 0 Å². The highest BCUT2D eigenvalue weighted by Gasteiger charge is 2.14. The molecule has 11 heavy (non-hydrogen) atoms.